The first-order valence-corrected chi connectivity index (χ1v) is 12.0. The maximum absolute atomic E-state index is 13.0. The normalized spacial score (nSPS) is 45.2. The van der Waals surface area contributed by atoms with Gasteiger partial charge in [-0.2, -0.15) is 0 Å². The summed E-state index contributed by atoms with van der Waals surface area (Å²) in [6.07, 6.45) is 4.11. The van der Waals surface area contributed by atoms with Crippen molar-refractivity contribution >= 4 is 23.7 Å². The molecule has 4 aliphatic carbocycles. The molecule has 178 valence electrons. The third-order valence-corrected chi connectivity index (χ3v) is 9.32. The predicted octanol–water partition coefficient (Wildman–Crippen LogP) is 3.61. The van der Waals surface area contributed by atoms with Crippen molar-refractivity contribution in [2.45, 2.75) is 97.9 Å². The minimum absolute atomic E-state index is 0.000374. The van der Waals surface area contributed by atoms with Crippen molar-refractivity contribution in [3.8, 4) is 0 Å². The number of hydrogen-bond donors (Lipinski definition) is 0. The third kappa shape index (κ3) is 3.65. The van der Waals surface area contributed by atoms with Gasteiger partial charge in [0.05, 0.1) is 0 Å². The number of hydrogen-bond acceptors (Lipinski definition) is 7. The smallest absolute Gasteiger partial charge is 0.302 e. The van der Waals surface area contributed by atoms with E-state index < -0.39 is 5.41 Å². The van der Waals surface area contributed by atoms with E-state index in [9.17, 15) is 19.2 Å². The van der Waals surface area contributed by atoms with Gasteiger partial charge in [0.25, 0.3) is 0 Å². The molecule has 0 aromatic rings. The molecule has 0 aliphatic heterocycles. The first-order chi connectivity index (χ1) is 15.0. The van der Waals surface area contributed by atoms with Crippen molar-refractivity contribution in [3.63, 3.8) is 0 Å². The van der Waals surface area contributed by atoms with E-state index >= 15 is 0 Å². The van der Waals surface area contributed by atoms with Gasteiger partial charge in [0.2, 0.25) is 0 Å². The lowest BCUT2D eigenvalue weighted by atomic mass is 9.44. The molecule has 4 fully saturated rings. The Bertz CT molecular complexity index is 821. The number of ketones is 1. The molecule has 0 aromatic heterocycles. The van der Waals surface area contributed by atoms with Gasteiger partial charge < -0.3 is 14.2 Å². The molecule has 9 atom stereocenters. The van der Waals surface area contributed by atoms with Gasteiger partial charge in [-0.15, -0.1) is 0 Å². The zero-order valence-corrected chi connectivity index (χ0v) is 19.8. The number of carbonyl (C=O) groups excluding carboxylic acids is 4. The lowest BCUT2D eigenvalue weighted by Crippen LogP contribution is -2.61. The Labute approximate surface area is 189 Å². The molecule has 0 amide bonds. The zero-order chi connectivity index (χ0) is 23.4. The van der Waals surface area contributed by atoms with Gasteiger partial charge in [0, 0.05) is 50.4 Å². The van der Waals surface area contributed by atoms with Gasteiger partial charge in [-0.05, 0) is 49.9 Å². The van der Waals surface area contributed by atoms with E-state index in [0.29, 0.717) is 12.8 Å². The Morgan fingerprint density at radius 2 is 1.53 bits per heavy atom. The summed E-state index contributed by atoms with van der Waals surface area (Å²) in [5, 5.41) is 0. The van der Waals surface area contributed by atoms with Crippen molar-refractivity contribution in [3.05, 3.63) is 0 Å². The molecule has 4 aliphatic rings. The Morgan fingerprint density at radius 3 is 2.16 bits per heavy atom. The summed E-state index contributed by atoms with van der Waals surface area (Å²) < 4.78 is 17.1. The molecule has 0 N–H and O–H groups in total. The highest BCUT2D eigenvalue weighted by Crippen LogP contribution is 2.66. The molecule has 4 rings (SSSR count). The Kier molecular flexibility index (Phi) is 5.91. The molecule has 0 radical (unpaired) electrons. The molecule has 0 aromatic carbocycles. The fraction of sp³-hybridized carbons (Fsp3) is 0.840. The highest BCUT2D eigenvalue weighted by molar-refractivity contribution is 5.88. The van der Waals surface area contributed by atoms with E-state index in [0.717, 1.165) is 32.1 Å². The second kappa shape index (κ2) is 8.14. The van der Waals surface area contributed by atoms with Crippen LogP contribution in [0.1, 0.15) is 79.6 Å². The Hall–Kier alpha value is -1.92. The van der Waals surface area contributed by atoms with Gasteiger partial charge in [0.15, 0.2) is 0 Å². The minimum atomic E-state index is -0.462. The quantitative estimate of drug-likeness (QED) is 0.481. The fourth-order valence-corrected chi connectivity index (χ4v) is 8.09. The Morgan fingerprint density at radius 1 is 0.875 bits per heavy atom. The summed E-state index contributed by atoms with van der Waals surface area (Å²) in [6, 6.07) is 0. The second-order valence-electron chi connectivity index (χ2n) is 11.0. The van der Waals surface area contributed by atoms with Gasteiger partial charge >= 0.3 is 17.9 Å². The number of esters is 3. The first-order valence-electron chi connectivity index (χ1n) is 12.0. The number of carbonyl (C=O) groups is 4. The van der Waals surface area contributed by atoms with Gasteiger partial charge in [-0.25, -0.2) is 0 Å². The highest BCUT2D eigenvalue weighted by atomic mass is 16.6. The van der Waals surface area contributed by atoms with Crippen LogP contribution in [0.4, 0.5) is 0 Å². The second-order valence-corrected chi connectivity index (χ2v) is 11.0. The molecule has 0 spiro atoms. The van der Waals surface area contributed by atoms with Crippen LogP contribution in [0.25, 0.3) is 0 Å². The van der Waals surface area contributed by atoms with Crippen LogP contribution in [0, 0.1) is 34.5 Å². The summed E-state index contributed by atoms with van der Waals surface area (Å²) in [7, 11) is 0. The summed E-state index contributed by atoms with van der Waals surface area (Å²) in [4.78, 5) is 48.5. The number of rotatable bonds is 3. The maximum atomic E-state index is 13.0. The van der Waals surface area contributed by atoms with Gasteiger partial charge in [-0.3, -0.25) is 19.2 Å². The molecule has 7 heteroatoms. The molecule has 0 saturated heterocycles. The molecule has 4 saturated carbocycles. The van der Waals surface area contributed by atoms with Crippen LogP contribution in [0.2, 0.25) is 0 Å². The van der Waals surface area contributed by atoms with E-state index in [-0.39, 0.29) is 71.1 Å². The van der Waals surface area contributed by atoms with Crippen molar-refractivity contribution in [2.75, 3.05) is 0 Å². The summed E-state index contributed by atoms with van der Waals surface area (Å²) in [5.74, 6) is -0.0196. The van der Waals surface area contributed by atoms with Crippen LogP contribution in [-0.2, 0) is 33.4 Å². The highest BCUT2D eigenvalue weighted by Gasteiger charge is 2.66. The largest absolute Gasteiger partial charge is 0.462 e. The van der Waals surface area contributed by atoms with Crippen LogP contribution in [0.5, 0.6) is 0 Å². The summed E-state index contributed by atoms with van der Waals surface area (Å²) >= 11 is 0. The average Bonchev–Trinajstić information content (AvgIpc) is 2.91. The van der Waals surface area contributed by atoms with Crippen LogP contribution in [0.15, 0.2) is 0 Å². The van der Waals surface area contributed by atoms with Crippen LogP contribution in [-0.4, -0.2) is 42.0 Å². The van der Waals surface area contributed by atoms with Crippen LogP contribution < -0.4 is 0 Å². The van der Waals surface area contributed by atoms with E-state index in [2.05, 4.69) is 13.8 Å². The monoisotopic (exact) mass is 448 g/mol. The van der Waals surface area contributed by atoms with Gasteiger partial charge in [-0.1, -0.05) is 13.8 Å². The standard InChI is InChI=1S/C25H36O7/c1-13(26)30-17-10-16-6-7-18-19(25(16,5)22(11-17)32-15(3)28)8-9-24(4)21(29)12-20(23(18)24)31-14(2)27/h16-20,22-23H,6-12H2,1-5H3/t16-,17-,18-,19-,20-,22+,23+,24-,25+/m0/s1. The van der Waals surface area contributed by atoms with Crippen LogP contribution in [0.3, 0.4) is 0 Å². The molecular weight excluding hydrogens is 412 g/mol. The van der Waals surface area contributed by atoms with Crippen molar-refractivity contribution < 1.29 is 33.4 Å². The fourth-order valence-electron chi connectivity index (χ4n) is 8.09. The first kappa shape index (κ1) is 23.2. The van der Waals surface area contributed by atoms with Crippen LogP contribution >= 0.6 is 0 Å². The topological polar surface area (TPSA) is 96.0 Å². The van der Waals surface area contributed by atoms with Crippen molar-refractivity contribution in [2.24, 2.45) is 34.5 Å². The van der Waals surface area contributed by atoms with Gasteiger partial charge in [0.1, 0.15) is 24.1 Å². The summed E-state index contributed by atoms with van der Waals surface area (Å²) in [5.41, 5.74) is -0.727. The Balaban J connectivity index is 1.68. The minimum Gasteiger partial charge on any atom is -0.462 e. The SMILES string of the molecule is CC(=O)O[C@H]1C[C@@H]2CC[C@@H]3[C@@H]4[C@@H](OC(C)=O)CC(=O)[C@]4(C)CC[C@@H]3[C@]2(C)[C@H](OC(C)=O)C1. The lowest BCUT2D eigenvalue weighted by molar-refractivity contribution is -0.209. The molecule has 0 bridgehead atoms. The van der Waals surface area contributed by atoms with Crippen molar-refractivity contribution in [1.82, 2.24) is 0 Å². The van der Waals surface area contributed by atoms with E-state index in [1.807, 2.05) is 0 Å². The van der Waals surface area contributed by atoms with E-state index in [1.165, 1.54) is 20.8 Å². The zero-order valence-electron chi connectivity index (χ0n) is 19.8. The van der Waals surface area contributed by atoms with E-state index in [4.69, 9.17) is 14.2 Å². The molecule has 7 nitrogen and oxygen atoms in total. The lowest BCUT2D eigenvalue weighted by Gasteiger charge is -2.62. The molecule has 0 heterocycles. The third-order valence-electron chi connectivity index (χ3n) is 9.32. The maximum Gasteiger partial charge on any atom is 0.302 e. The summed E-state index contributed by atoms with van der Waals surface area (Å²) in [6.45, 7) is 8.53. The number of fused-ring (bicyclic) bond motifs is 5. The van der Waals surface area contributed by atoms with Crippen molar-refractivity contribution in [1.29, 1.82) is 0 Å². The molecule has 32 heavy (non-hydrogen) atoms. The molecule has 0 unspecified atom stereocenters. The number of Topliss-reactive ketones (excluding diaryl/α,β-unsaturated/α-hetero) is 1. The average molecular weight is 449 g/mol. The predicted molar refractivity (Wildman–Crippen MR) is 114 cm³/mol. The van der Waals surface area contributed by atoms with E-state index in [1.54, 1.807) is 0 Å². The molecular formula is C25H36O7. The number of ether oxygens (including phenoxy) is 3.